The molecule has 1 fully saturated rings. The van der Waals surface area contributed by atoms with Gasteiger partial charge in [-0.1, -0.05) is 13.5 Å². The van der Waals surface area contributed by atoms with E-state index in [9.17, 15) is 4.79 Å². The second-order valence-corrected chi connectivity index (χ2v) is 2.93. The number of hydrogen-bond acceptors (Lipinski definition) is 3. The van der Waals surface area contributed by atoms with E-state index in [0.717, 1.165) is 19.1 Å². The minimum absolute atomic E-state index is 0.329. The van der Waals surface area contributed by atoms with Gasteiger partial charge < -0.3 is 4.74 Å². The van der Waals surface area contributed by atoms with E-state index in [-0.39, 0.29) is 5.97 Å². The Bertz CT molecular complexity index is 179. The third kappa shape index (κ3) is 2.66. The lowest BCUT2D eigenvalue weighted by Gasteiger charge is -2.02. The van der Waals surface area contributed by atoms with Gasteiger partial charge in [-0.05, 0) is 6.42 Å². The van der Waals surface area contributed by atoms with Gasteiger partial charge in [0.1, 0.15) is 6.61 Å². The number of esters is 1. The Balaban J connectivity index is 1.97. The molecule has 3 heteroatoms. The molecule has 0 amide bonds. The third-order valence-corrected chi connectivity index (χ3v) is 2.09. The fourth-order valence-electron chi connectivity index (χ4n) is 1.21. The fourth-order valence-corrected chi connectivity index (χ4v) is 1.21. The van der Waals surface area contributed by atoms with E-state index >= 15 is 0 Å². The lowest BCUT2D eigenvalue weighted by Crippen LogP contribution is -2.13. The van der Waals surface area contributed by atoms with Gasteiger partial charge >= 0.3 is 5.97 Å². The number of hydrogen-bond donors (Lipinski definition) is 0. The first-order valence-electron chi connectivity index (χ1n) is 4.31. The molecule has 0 aromatic carbocycles. The van der Waals surface area contributed by atoms with Crippen molar-refractivity contribution in [1.82, 2.24) is 4.90 Å². The van der Waals surface area contributed by atoms with E-state index in [0.29, 0.717) is 6.61 Å². The summed E-state index contributed by atoms with van der Waals surface area (Å²) in [4.78, 5) is 12.9. The van der Waals surface area contributed by atoms with Crippen molar-refractivity contribution in [3.8, 4) is 0 Å². The Hall–Kier alpha value is -0.830. The monoisotopic (exact) mass is 169 g/mol. The van der Waals surface area contributed by atoms with Crippen molar-refractivity contribution in [3.05, 3.63) is 12.7 Å². The average Bonchev–Trinajstić information content (AvgIpc) is 2.83. The van der Waals surface area contributed by atoms with Crippen molar-refractivity contribution >= 4 is 5.97 Å². The third-order valence-electron chi connectivity index (χ3n) is 2.09. The molecule has 1 aliphatic heterocycles. The predicted octanol–water partition coefficient (Wildman–Crippen LogP) is 0.810. The maximum absolute atomic E-state index is 10.6. The summed E-state index contributed by atoms with van der Waals surface area (Å²) in [6.07, 6.45) is 2.38. The standard InChI is InChI=1S/C9H15NO2/c1-3-8-7-10(8)5-6-12-9(11)4-2/h4,8H,2-3,5-7H2,1H3. The van der Waals surface area contributed by atoms with E-state index in [2.05, 4.69) is 18.4 Å². The molecule has 0 N–H and O–H groups in total. The first-order valence-corrected chi connectivity index (χ1v) is 4.31. The maximum Gasteiger partial charge on any atom is 0.330 e. The molecular formula is C9H15NO2. The maximum atomic E-state index is 10.6. The highest BCUT2D eigenvalue weighted by Crippen LogP contribution is 2.18. The number of rotatable bonds is 5. The SMILES string of the molecule is C=CC(=O)OCCN1CC1CC. The summed E-state index contributed by atoms with van der Waals surface area (Å²) in [5.74, 6) is -0.329. The minimum Gasteiger partial charge on any atom is -0.461 e. The molecule has 0 saturated carbocycles. The molecule has 0 aliphatic carbocycles. The first kappa shape index (κ1) is 9.26. The lowest BCUT2D eigenvalue weighted by atomic mass is 10.4. The second-order valence-electron chi connectivity index (χ2n) is 2.93. The largest absolute Gasteiger partial charge is 0.461 e. The molecule has 2 unspecified atom stereocenters. The van der Waals surface area contributed by atoms with Crippen molar-refractivity contribution in [2.24, 2.45) is 0 Å². The molecule has 0 aromatic heterocycles. The number of ether oxygens (including phenoxy) is 1. The van der Waals surface area contributed by atoms with Gasteiger partial charge in [-0.25, -0.2) is 4.79 Å². The van der Waals surface area contributed by atoms with E-state index in [4.69, 9.17) is 4.74 Å². The predicted molar refractivity (Wildman–Crippen MR) is 46.8 cm³/mol. The minimum atomic E-state index is -0.329. The molecule has 1 aliphatic rings. The van der Waals surface area contributed by atoms with Crippen molar-refractivity contribution in [2.75, 3.05) is 19.7 Å². The summed E-state index contributed by atoms with van der Waals surface area (Å²) in [5.41, 5.74) is 0. The van der Waals surface area contributed by atoms with Crippen LogP contribution >= 0.6 is 0 Å². The summed E-state index contributed by atoms with van der Waals surface area (Å²) >= 11 is 0. The van der Waals surface area contributed by atoms with Crippen LogP contribution < -0.4 is 0 Å². The van der Waals surface area contributed by atoms with Gasteiger partial charge in [-0.15, -0.1) is 0 Å². The van der Waals surface area contributed by atoms with Crippen LogP contribution in [0.4, 0.5) is 0 Å². The van der Waals surface area contributed by atoms with Crippen LogP contribution in [0.1, 0.15) is 13.3 Å². The van der Waals surface area contributed by atoms with Crippen LogP contribution in [0.25, 0.3) is 0 Å². The molecule has 12 heavy (non-hydrogen) atoms. The zero-order valence-corrected chi connectivity index (χ0v) is 7.45. The second kappa shape index (κ2) is 4.26. The highest BCUT2D eigenvalue weighted by molar-refractivity contribution is 5.81. The van der Waals surface area contributed by atoms with E-state index in [1.165, 1.54) is 12.5 Å². The van der Waals surface area contributed by atoms with Gasteiger partial charge in [0.05, 0.1) is 0 Å². The average molecular weight is 169 g/mol. The molecule has 0 spiro atoms. The van der Waals surface area contributed by atoms with Gasteiger partial charge in [0, 0.05) is 25.2 Å². The molecule has 2 atom stereocenters. The number of carbonyl (C=O) groups excluding carboxylic acids is 1. The van der Waals surface area contributed by atoms with Crippen molar-refractivity contribution < 1.29 is 9.53 Å². The zero-order chi connectivity index (χ0) is 8.97. The quantitative estimate of drug-likeness (QED) is 0.346. The molecule has 1 saturated heterocycles. The van der Waals surface area contributed by atoms with Gasteiger partial charge in [0.25, 0.3) is 0 Å². The van der Waals surface area contributed by atoms with Crippen LogP contribution in [0.3, 0.4) is 0 Å². The molecule has 1 rings (SSSR count). The van der Waals surface area contributed by atoms with E-state index in [1.807, 2.05) is 0 Å². The first-order chi connectivity index (χ1) is 5.77. The van der Waals surface area contributed by atoms with Crippen LogP contribution in [-0.2, 0) is 9.53 Å². The van der Waals surface area contributed by atoms with Gasteiger partial charge in [0.2, 0.25) is 0 Å². The Morgan fingerprint density at radius 2 is 2.58 bits per heavy atom. The summed E-state index contributed by atoms with van der Waals surface area (Å²) in [6.45, 7) is 7.99. The molecule has 68 valence electrons. The van der Waals surface area contributed by atoms with Crippen LogP contribution in [-0.4, -0.2) is 36.6 Å². The lowest BCUT2D eigenvalue weighted by molar-refractivity contribution is -0.137. The highest BCUT2D eigenvalue weighted by atomic mass is 16.5. The molecule has 0 radical (unpaired) electrons. The summed E-state index contributed by atoms with van der Waals surface area (Å²) in [7, 11) is 0. The fraction of sp³-hybridized carbons (Fsp3) is 0.667. The molecule has 1 heterocycles. The van der Waals surface area contributed by atoms with Crippen LogP contribution in [0.5, 0.6) is 0 Å². The van der Waals surface area contributed by atoms with Crippen LogP contribution in [0.15, 0.2) is 12.7 Å². The van der Waals surface area contributed by atoms with E-state index < -0.39 is 0 Å². The van der Waals surface area contributed by atoms with Crippen molar-refractivity contribution in [1.29, 1.82) is 0 Å². The summed E-state index contributed by atoms with van der Waals surface area (Å²) in [5, 5.41) is 0. The Morgan fingerprint density at radius 1 is 1.83 bits per heavy atom. The van der Waals surface area contributed by atoms with Crippen molar-refractivity contribution in [2.45, 2.75) is 19.4 Å². The Morgan fingerprint density at radius 3 is 3.08 bits per heavy atom. The number of nitrogens with zero attached hydrogens (tertiary/aromatic N) is 1. The molecule has 0 bridgehead atoms. The molecular weight excluding hydrogens is 154 g/mol. The Labute approximate surface area is 73.0 Å². The van der Waals surface area contributed by atoms with Crippen LogP contribution in [0, 0.1) is 0 Å². The zero-order valence-electron chi connectivity index (χ0n) is 7.45. The highest BCUT2D eigenvalue weighted by Gasteiger charge is 2.31. The van der Waals surface area contributed by atoms with E-state index in [1.54, 1.807) is 0 Å². The summed E-state index contributed by atoms with van der Waals surface area (Å²) < 4.78 is 4.84. The van der Waals surface area contributed by atoms with Crippen molar-refractivity contribution in [3.63, 3.8) is 0 Å². The Kier molecular flexibility index (Phi) is 3.29. The normalized spacial score (nSPS) is 26.4. The van der Waals surface area contributed by atoms with Gasteiger partial charge in [0.15, 0.2) is 0 Å². The van der Waals surface area contributed by atoms with Gasteiger partial charge in [-0.2, -0.15) is 0 Å². The number of carbonyl (C=O) groups is 1. The summed E-state index contributed by atoms with van der Waals surface area (Å²) in [6, 6.07) is 0.729. The molecule has 0 aromatic rings. The van der Waals surface area contributed by atoms with Gasteiger partial charge in [-0.3, -0.25) is 4.90 Å². The smallest absolute Gasteiger partial charge is 0.330 e. The molecule has 3 nitrogen and oxygen atoms in total. The topological polar surface area (TPSA) is 29.3 Å². The van der Waals surface area contributed by atoms with Crippen LogP contribution in [0.2, 0.25) is 0 Å².